The number of H-pyrrole nitrogens is 1. The highest BCUT2D eigenvalue weighted by Crippen LogP contribution is 2.37. The number of pyridine rings is 1. The Morgan fingerprint density at radius 2 is 2.06 bits per heavy atom. The molecule has 5 heterocycles. The molecule has 9 heteroatoms. The van der Waals surface area contributed by atoms with Crippen LogP contribution in [0.1, 0.15) is 19.4 Å². The van der Waals surface area contributed by atoms with Gasteiger partial charge in [-0.3, -0.25) is 4.57 Å². The number of ether oxygens (including phenoxy) is 1. The molecule has 1 aliphatic rings. The van der Waals surface area contributed by atoms with E-state index < -0.39 is 5.95 Å². The summed E-state index contributed by atoms with van der Waals surface area (Å²) in [6.07, 6.45) is 4.25. The van der Waals surface area contributed by atoms with Gasteiger partial charge in [0.15, 0.2) is 22.8 Å². The molecule has 6 rings (SSSR count). The Kier molecular flexibility index (Phi) is 4.33. The van der Waals surface area contributed by atoms with E-state index in [1.807, 2.05) is 22.9 Å². The third kappa shape index (κ3) is 3.27. The number of anilines is 1. The Morgan fingerprint density at radius 3 is 2.94 bits per heavy atom. The summed E-state index contributed by atoms with van der Waals surface area (Å²) in [6.45, 7) is 5.30. The average Bonchev–Trinajstić information content (AvgIpc) is 3.47. The zero-order chi connectivity index (χ0) is 22.6. The molecule has 0 aliphatic carbocycles. The molecule has 0 amide bonds. The van der Waals surface area contributed by atoms with E-state index in [0.29, 0.717) is 47.5 Å². The van der Waals surface area contributed by atoms with Gasteiger partial charge in [-0.1, -0.05) is 18.2 Å². The van der Waals surface area contributed by atoms with Crippen LogP contribution < -0.4 is 10.1 Å². The van der Waals surface area contributed by atoms with Crippen LogP contribution in [0.3, 0.4) is 0 Å². The van der Waals surface area contributed by atoms with Gasteiger partial charge in [0.25, 0.3) is 6.01 Å². The van der Waals surface area contributed by atoms with Crippen molar-refractivity contribution in [1.82, 2.24) is 29.5 Å². The quantitative estimate of drug-likeness (QED) is 0.394. The molecule has 0 bridgehead atoms. The van der Waals surface area contributed by atoms with Gasteiger partial charge < -0.3 is 15.0 Å². The molecule has 0 saturated carbocycles. The third-order valence-corrected chi connectivity index (χ3v) is 5.98. The van der Waals surface area contributed by atoms with Gasteiger partial charge in [-0.15, -0.1) is 0 Å². The minimum absolute atomic E-state index is 0.305. The summed E-state index contributed by atoms with van der Waals surface area (Å²) in [5.41, 5.74) is 3.87. The van der Waals surface area contributed by atoms with Gasteiger partial charge >= 0.3 is 0 Å². The van der Waals surface area contributed by atoms with Crippen molar-refractivity contribution in [2.45, 2.75) is 25.8 Å². The summed E-state index contributed by atoms with van der Waals surface area (Å²) in [7, 11) is 0. The van der Waals surface area contributed by atoms with Crippen molar-refractivity contribution < 1.29 is 9.13 Å². The number of aromatic amines is 1. The summed E-state index contributed by atoms with van der Waals surface area (Å²) in [5.74, 6) is 0.421. The average molecular weight is 443 g/mol. The summed E-state index contributed by atoms with van der Waals surface area (Å²) in [6, 6.07) is 11.8. The number of rotatable bonds is 5. The third-order valence-electron chi connectivity index (χ3n) is 5.98. The molecule has 0 atom stereocenters. The highest BCUT2D eigenvalue weighted by molar-refractivity contribution is 5.87. The molecular weight excluding hydrogens is 421 g/mol. The molecule has 8 nitrogen and oxygen atoms in total. The normalized spacial score (nSPS) is 14.5. The number of hydrogen-bond acceptors (Lipinski definition) is 6. The van der Waals surface area contributed by atoms with E-state index in [2.05, 4.69) is 46.2 Å². The summed E-state index contributed by atoms with van der Waals surface area (Å²) in [4.78, 5) is 21.1. The van der Waals surface area contributed by atoms with Crippen LogP contribution in [0.4, 0.5) is 10.2 Å². The minimum atomic E-state index is -0.577. The van der Waals surface area contributed by atoms with Crippen molar-refractivity contribution in [1.29, 1.82) is 0 Å². The topological polar surface area (TPSA) is 93.5 Å². The molecule has 1 aliphatic heterocycles. The van der Waals surface area contributed by atoms with Crippen molar-refractivity contribution in [3.05, 3.63) is 60.3 Å². The first-order valence-corrected chi connectivity index (χ1v) is 10.8. The van der Waals surface area contributed by atoms with Crippen molar-refractivity contribution in [2.75, 3.05) is 18.5 Å². The monoisotopic (exact) mass is 443 g/mol. The van der Waals surface area contributed by atoms with Crippen LogP contribution in [0.5, 0.6) is 6.01 Å². The number of aromatic nitrogens is 6. The molecule has 0 saturated heterocycles. The first-order chi connectivity index (χ1) is 16.0. The Bertz CT molecular complexity index is 1500. The summed E-state index contributed by atoms with van der Waals surface area (Å²) >= 11 is 0. The molecule has 0 radical (unpaired) electrons. The number of para-hydroxylation sites is 1. The van der Waals surface area contributed by atoms with Gasteiger partial charge in [0.2, 0.25) is 5.95 Å². The van der Waals surface area contributed by atoms with Crippen molar-refractivity contribution in [2.24, 2.45) is 0 Å². The van der Waals surface area contributed by atoms with Crippen molar-refractivity contribution >= 4 is 27.9 Å². The zero-order valence-electron chi connectivity index (χ0n) is 18.3. The Morgan fingerprint density at radius 1 is 1.18 bits per heavy atom. The molecule has 4 aromatic heterocycles. The molecule has 166 valence electrons. The van der Waals surface area contributed by atoms with Gasteiger partial charge in [0, 0.05) is 41.5 Å². The highest BCUT2D eigenvalue weighted by Gasteiger charge is 2.36. The van der Waals surface area contributed by atoms with Crippen LogP contribution in [0, 0.1) is 5.95 Å². The molecular formula is C24H22FN7O. The van der Waals surface area contributed by atoms with Gasteiger partial charge in [0.05, 0.1) is 5.54 Å². The Balaban J connectivity index is 1.39. The predicted octanol–water partition coefficient (Wildman–Crippen LogP) is 4.29. The SMILES string of the molecule is CC1(C)COc2nc3c(NCCc4c[nH]c5ccccc45)nc(-c4ccnc(F)c4)nc3n21. The van der Waals surface area contributed by atoms with Gasteiger partial charge in [-0.2, -0.15) is 9.37 Å². The van der Waals surface area contributed by atoms with E-state index in [1.54, 1.807) is 6.07 Å². The standard InChI is InChI=1S/C24H22FN7O/c1-24(2)13-33-23-29-19-21(27-10-8-15-12-28-17-6-4-3-5-16(15)17)30-20(31-22(19)32(23)24)14-7-9-26-18(25)11-14/h3-7,9,11-12,28H,8,10,13H2,1-2H3,(H,27,30,31). The maximum Gasteiger partial charge on any atom is 0.299 e. The lowest BCUT2D eigenvalue weighted by atomic mass is 10.1. The minimum Gasteiger partial charge on any atom is -0.462 e. The number of hydrogen-bond donors (Lipinski definition) is 2. The maximum atomic E-state index is 13.8. The van der Waals surface area contributed by atoms with Crippen LogP contribution in [0.2, 0.25) is 0 Å². The number of imidazole rings is 1. The largest absolute Gasteiger partial charge is 0.462 e. The lowest BCUT2D eigenvalue weighted by molar-refractivity contribution is 0.268. The molecule has 5 aromatic rings. The number of nitrogens with zero attached hydrogens (tertiary/aromatic N) is 5. The van der Waals surface area contributed by atoms with Crippen LogP contribution in [0.25, 0.3) is 33.5 Å². The van der Waals surface area contributed by atoms with Crippen molar-refractivity contribution in [3.8, 4) is 17.4 Å². The summed E-state index contributed by atoms with van der Waals surface area (Å²) < 4.78 is 21.6. The van der Waals surface area contributed by atoms with Gasteiger partial charge in [-0.05, 0) is 38.0 Å². The first kappa shape index (κ1) is 19.7. The second kappa shape index (κ2) is 7.26. The van der Waals surface area contributed by atoms with Crippen LogP contribution in [-0.2, 0) is 12.0 Å². The van der Waals surface area contributed by atoms with Gasteiger partial charge in [-0.25, -0.2) is 15.0 Å². The van der Waals surface area contributed by atoms with Crippen molar-refractivity contribution in [3.63, 3.8) is 0 Å². The van der Waals surface area contributed by atoms with Gasteiger partial charge in [0.1, 0.15) is 6.61 Å². The molecule has 2 N–H and O–H groups in total. The summed E-state index contributed by atoms with van der Waals surface area (Å²) in [5, 5.41) is 4.63. The van der Waals surface area contributed by atoms with E-state index in [0.717, 1.165) is 11.9 Å². The lowest BCUT2D eigenvalue weighted by Gasteiger charge is -2.18. The fraction of sp³-hybridized carbons (Fsp3) is 0.250. The van der Waals surface area contributed by atoms with Crippen LogP contribution in [-0.4, -0.2) is 42.6 Å². The number of halogens is 1. The van der Waals surface area contributed by atoms with Crippen LogP contribution >= 0.6 is 0 Å². The number of benzene rings is 1. The fourth-order valence-electron chi connectivity index (χ4n) is 4.33. The number of nitrogens with one attached hydrogen (secondary N) is 2. The van der Waals surface area contributed by atoms with E-state index >= 15 is 0 Å². The molecule has 0 fully saturated rings. The molecule has 0 spiro atoms. The maximum absolute atomic E-state index is 13.8. The predicted molar refractivity (Wildman–Crippen MR) is 124 cm³/mol. The van der Waals surface area contributed by atoms with E-state index in [-0.39, 0.29) is 5.54 Å². The Hall–Kier alpha value is -4.01. The zero-order valence-corrected chi connectivity index (χ0v) is 18.3. The fourth-order valence-corrected chi connectivity index (χ4v) is 4.33. The Labute approximate surface area is 188 Å². The van der Waals surface area contributed by atoms with Crippen LogP contribution in [0.15, 0.2) is 48.8 Å². The van der Waals surface area contributed by atoms with E-state index in [9.17, 15) is 4.39 Å². The second-order valence-electron chi connectivity index (χ2n) is 8.80. The second-order valence-corrected chi connectivity index (χ2v) is 8.80. The smallest absolute Gasteiger partial charge is 0.299 e. The molecule has 1 aromatic carbocycles. The molecule has 0 unspecified atom stereocenters. The highest BCUT2D eigenvalue weighted by atomic mass is 19.1. The number of fused-ring (bicyclic) bond motifs is 4. The molecule has 33 heavy (non-hydrogen) atoms. The first-order valence-electron chi connectivity index (χ1n) is 10.8. The van der Waals surface area contributed by atoms with E-state index in [1.165, 1.54) is 23.2 Å². The lowest BCUT2D eigenvalue weighted by Crippen LogP contribution is -2.25. The van der Waals surface area contributed by atoms with E-state index in [4.69, 9.17) is 14.7 Å².